The Hall–Kier alpha value is -1.57. The molecule has 0 radical (unpaired) electrons. The predicted molar refractivity (Wildman–Crippen MR) is 66.0 cm³/mol. The summed E-state index contributed by atoms with van der Waals surface area (Å²) in [6, 6.07) is 10.2. The van der Waals surface area contributed by atoms with E-state index in [9.17, 15) is 4.79 Å². The van der Waals surface area contributed by atoms with Gasteiger partial charge in [0.1, 0.15) is 0 Å². The van der Waals surface area contributed by atoms with Crippen LogP contribution in [-0.2, 0) is 9.53 Å². The summed E-state index contributed by atoms with van der Waals surface area (Å²) in [5, 5.41) is 0. The fourth-order valence-corrected chi connectivity index (χ4v) is 1.47. The Morgan fingerprint density at radius 2 is 1.94 bits per heavy atom. The minimum absolute atomic E-state index is 0.204. The van der Waals surface area contributed by atoms with Gasteiger partial charge in [0.15, 0.2) is 0 Å². The lowest BCUT2D eigenvalue weighted by Gasteiger charge is -2.02. The highest BCUT2D eigenvalue weighted by atomic mass is 16.5. The second-order valence-corrected chi connectivity index (χ2v) is 3.84. The first-order valence-electron chi connectivity index (χ1n) is 5.54. The maximum atomic E-state index is 10.5. The van der Waals surface area contributed by atoms with Crippen LogP contribution >= 0.6 is 0 Å². The van der Waals surface area contributed by atoms with Crippen molar-refractivity contribution in [3.63, 3.8) is 0 Å². The largest absolute Gasteiger partial charge is 0.466 e. The maximum Gasteiger partial charge on any atom is 0.302 e. The molecule has 0 heterocycles. The van der Waals surface area contributed by atoms with Crippen molar-refractivity contribution in [3.05, 3.63) is 41.5 Å². The molecule has 0 aliphatic heterocycles. The molecule has 0 saturated heterocycles. The van der Waals surface area contributed by atoms with Crippen molar-refractivity contribution in [1.29, 1.82) is 0 Å². The summed E-state index contributed by atoms with van der Waals surface area (Å²) in [7, 11) is 0. The summed E-state index contributed by atoms with van der Waals surface area (Å²) >= 11 is 0. The number of rotatable bonds is 5. The lowest BCUT2D eigenvalue weighted by Crippen LogP contribution is -2.00. The number of carbonyl (C=O) groups is 1. The molecule has 0 amide bonds. The van der Waals surface area contributed by atoms with E-state index >= 15 is 0 Å². The molecule has 0 spiro atoms. The fourth-order valence-electron chi connectivity index (χ4n) is 1.47. The zero-order chi connectivity index (χ0) is 11.8. The number of ether oxygens (including phenoxy) is 1. The number of benzene rings is 1. The van der Waals surface area contributed by atoms with Crippen LogP contribution < -0.4 is 0 Å². The Balaban J connectivity index is 2.32. The van der Waals surface area contributed by atoms with Crippen molar-refractivity contribution < 1.29 is 9.53 Å². The highest BCUT2D eigenvalue weighted by Crippen LogP contribution is 2.10. The Morgan fingerprint density at radius 1 is 1.25 bits per heavy atom. The molecule has 1 aromatic rings. The topological polar surface area (TPSA) is 26.3 Å². The summed E-state index contributed by atoms with van der Waals surface area (Å²) in [6.07, 6.45) is 4.00. The predicted octanol–water partition coefficient (Wildman–Crippen LogP) is 3.43. The van der Waals surface area contributed by atoms with E-state index in [1.807, 2.05) is 18.2 Å². The molecule has 2 heteroatoms. The molecule has 0 bridgehead atoms. The summed E-state index contributed by atoms with van der Waals surface area (Å²) in [4.78, 5) is 10.5. The van der Waals surface area contributed by atoms with Crippen LogP contribution in [0, 0.1) is 0 Å². The van der Waals surface area contributed by atoms with Gasteiger partial charge in [0.05, 0.1) is 6.61 Å². The van der Waals surface area contributed by atoms with Crippen LogP contribution in [0.3, 0.4) is 0 Å². The van der Waals surface area contributed by atoms with Gasteiger partial charge in [-0.15, -0.1) is 0 Å². The molecule has 1 aromatic carbocycles. The Bertz CT molecular complexity index is 352. The molecular weight excluding hydrogens is 200 g/mol. The quantitative estimate of drug-likeness (QED) is 0.559. The molecule has 0 aromatic heterocycles. The zero-order valence-electron chi connectivity index (χ0n) is 9.90. The van der Waals surface area contributed by atoms with E-state index in [2.05, 4.69) is 25.1 Å². The third-order valence-corrected chi connectivity index (χ3v) is 2.23. The Labute approximate surface area is 96.9 Å². The van der Waals surface area contributed by atoms with Crippen molar-refractivity contribution in [2.24, 2.45) is 0 Å². The number of esters is 1. The molecule has 0 unspecified atom stereocenters. The van der Waals surface area contributed by atoms with Gasteiger partial charge in [0.25, 0.3) is 0 Å². The van der Waals surface area contributed by atoms with Gasteiger partial charge < -0.3 is 4.74 Å². The maximum absolute atomic E-state index is 10.5. The fraction of sp³-hybridized carbons (Fsp3) is 0.357. The molecule has 0 saturated carbocycles. The Kier molecular flexibility index (Phi) is 5.34. The van der Waals surface area contributed by atoms with Crippen molar-refractivity contribution in [3.8, 4) is 0 Å². The third-order valence-electron chi connectivity index (χ3n) is 2.23. The smallest absolute Gasteiger partial charge is 0.302 e. The van der Waals surface area contributed by atoms with E-state index in [0.717, 1.165) is 12.8 Å². The second-order valence-electron chi connectivity index (χ2n) is 3.84. The van der Waals surface area contributed by atoms with E-state index in [1.165, 1.54) is 18.1 Å². The number of allylic oxidation sites excluding steroid dienone is 1. The average molecular weight is 218 g/mol. The van der Waals surface area contributed by atoms with E-state index in [4.69, 9.17) is 4.74 Å². The van der Waals surface area contributed by atoms with Gasteiger partial charge >= 0.3 is 5.97 Å². The van der Waals surface area contributed by atoms with Crippen molar-refractivity contribution in [2.75, 3.05) is 6.61 Å². The van der Waals surface area contributed by atoms with Crippen molar-refractivity contribution in [2.45, 2.75) is 26.7 Å². The highest BCUT2D eigenvalue weighted by molar-refractivity contribution is 5.65. The van der Waals surface area contributed by atoms with Gasteiger partial charge in [-0.1, -0.05) is 42.0 Å². The van der Waals surface area contributed by atoms with E-state index in [1.54, 1.807) is 0 Å². The van der Waals surface area contributed by atoms with Gasteiger partial charge in [-0.3, -0.25) is 4.79 Å². The first-order valence-corrected chi connectivity index (χ1v) is 5.54. The summed E-state index contributed by atoms with van der Waals surface area (Å²) < 4.78 is 4.88. The van der Waals surface area contributed by atoms with Crippen LogP contribution in [0.2, 0.25) is 0 Å². The molecule has 0 aliphatic carbocycles. The molecule has 0 fully saturated rings. The molecule has 0 atom stereocenters. The first-order chi connectivity index (χ1) is 7.68. The molecular formula is C14H18O2. The lowest BCUT2D eigenvalue weighted by molar-refractivity contribution is -0.141. The van der Waals surface area contributed by atoms with Crippen LogP contribution in [0.15, 0.2) is 35.9 Å². The third kappa shape index (κ3) is 5.35. The summed E-state index contributed by atoms with van der Waals surface area (Å²) in [6.45, 7) is 4.04. The number of hydrogen-bond acceptors (Lipinski definition) is 2. The van der Waals surface area contributed by atoms with Crippen LogP contribution in [-0.4, -0.2) is 12.6 Å². The van der Waals surface area contributed by atoms with Gasteiger partial charge in [-0.05, 0) is 25.3 Å². The van der Waals surface area contributed by atoms with Crippen LogP contribution in [0.4, 0.5) is 0 Å². The monoisotopic (exact) mass is 218 g/mol. The molecule has 1 rings (SSSR count). The van der Waals surface area contributed by atoms with Crippen LogP contribution in [0.25, 0.3) is 6.08 Å². The Morgan fingerprint density at radius 3 is 2.56 bits per heavy atom. The normalized spacial score (nSPS) is 11.2. The molecule has 0 aliphatic rings. The lowest BCUT2D eigenvalue weighted by atomic mass is 10.1. The van der Waals surface area contributed by atoms with Gasteiger partial charge in [0.2, 0.25) is 0 Å². The summed E-state index contributed by atoms with van der Waals surface area (Å²) in [5.41, 5.74) is 2.52. The molecule has 16 heavy (non-hydrogen) atoms. The van der Waals surface area contributed by atoms with Crippen molar-refractivity contribution >= 4 is 12.0 Å². The molecule has 2 nitrogen and oxygen atoms in total. The van der Waals surface area contributed by atoms with Crippen LogP contribution in [0.5, 0.6) is 0 Å². The van der Waals surface area contributed by atoms with Crippen molar-refractivity contribution in [1.82, 2.24) is 0 Å². The molecule has 0 N–H and O–H groups in total. The number of hydrogen-bond donors (Lipinski definition) is 0. The van der Waals surface area contributed by atoms with Crippen LogP contribution in [0.1, 0.15) is 32.3 Å². The summed E-state index contributed by atoms with van der Waals surface area (Å²) in [5.74, 6) is -0.204. The van der Waals surface area contributed by atoms with E-state index in [-0.39, 0.29) is 5.97 Å². The zero-order valence-corrected chi connectivity index (χ0v) is 9.90. The van der Waals surface area contributed by atoms with Gasteiger partial charge in [-0.2, -0.15) is 0 Å². The van der Waals surface area contributed by atoms with Gasteiger partial charge in [0, 0.05) is 6.92 Å². The standard InChI is InChI=1S/C14H18O2/c1-12(7-6-10-16-13(2)15)11-14-8-4-3-5-9-14/h3-5,8-9,11H,6-7,10H2,1-2H3. The minimum Gasteiger partial charge on any atom is -0.466 e. The van der Waals surface area contributed by atoms with E-state index < -0.39 is 0 Å². The van der Waals surface area contributed by atoms with E-state index in [0.29, 0.717) is 6.61 Å². The highest BCUT2D eigenvalue weighted by Gasteiger charge is 1.95. The first kappa shape index (κ1) is 12.5. The minimum atomic E-state index is -0.204. The second kappa shape index (κ2) is 6.83. The number of carbonyl (C=O) groups excluding carboxylic acids is 1. The molecule has 86 valence electrons. The SMILES string of the molecule is CC(=O)OCCCC(C)=Cc1ccccc1. The average Bonchev–Trinajstić information content (AvgIpc) is 2.25. The van der Waals surface area contributed by atoms with Gasteiger partial charge in [-0.25, -0.2) is 0 Å².